The fraction of sp³-hybridized carbons (Fsp3) is 0.222. The second-order valence-corrected chi connectivity index (χ2v) is 36.2. The van der Waals surface area contributed by atoms with E-state index in [2.05, 4.69) is 145 Å². The molecule has 0 aromatic heterocycles. The van der Waals surface area contributed by atoms with Gasteiger partial charge in [-0.25, -0.2) is 0 Å². The molecular formula is C108H99B2N3S. The minimum Gasteiger partial charge on any atom is -0.334 e. The Morgan fingerprint density at radius 2 is 0.982 bits per heavy atom. The van der Waals surface area contributed by atoms with Gasteiger partial charge in [0.1, 0.15) is 0 Å². The number of allylic oxidation sites excluding steroid dienone is 4. The number of fused-ring (bicyclic) bond motifs is 9. The first-order valence-corrected chi connectivity index (χ1v) is 41.6. The molecule has 558 valence electrons. The van der Waals surface area contributed by atoms with E-state index < -0.39 is 66.6 Å². The van der Waals surface area contributed by atoms with E-state index in [9.17, 15) is 19.2 Å². The largest absolute Gasteiger partial charge is 0.334 e. The van der Waals surface area contributed by atoms with Crippen molar-refractivity contribution in [2.24, 2.45) is 23.2 Å². The van der Waals surface area contributed by atoms with Crippen LogP contribution in [0.15, 0.2) is 336 Å². The maximum Gasteiger partial charge on any atom is 0.253 e. The quantitative estimate of drug-likeness (QED) is 0.0943. The van der Waals surface area contributed by atoms with Gasteiger partial charge in [0.05, 0.1) is 32.3 Å². The van der Waals surface area contributed by atoms with Crippen molar-refractivity contribution in [3.8, 4) is 66.8 Å². The topological polar surface area (TPSA) is 9.72 Å². The molecule has 6 heteroatoms. The Morgan fingerprint density at radius 1 is 0.430 bits per heavy atom. The van der Waals surface area contributed by atoms with E-state index >= 15 is 0 Å². The first kappa shape index (κ1) is 57.1. The van der Waals surface area contributed by atoms with Crippen molar-refractivity contribution in [2.75, 3.05) is 14.7 Å². The summed E-state index contributed by atoms with van der Waals surface area (Å²) in [5, 5.41) is 0. The highest BCUT2D eigenvalue weighted by Crippen LogP contribution is 2.58. The van der Waals surface area contributed by atoms with E-state index in [1.807, 2.05) is 157 Å². The minimum absolute atomic E-state index is 0.0266. The number of anilines is 8. The third kappa shape index (κ3) is 12.5. The molecule has 0 bridgehead atoms. The Bertz CT molecular complexity index is 6860. The van der Waals surface area contributed by atoms with Crippen LogP contribution in [0, 0.1) is 23.2 Å². The van der Waals surface area contributed by atoms with Gasteiger partial charge in [-0.1, -0.05) is 340 Å². The standard InChI is InChI=1S/C108H99B2N3S/c1-106(2,3)82-63-86(75-42-26-14-27-43-75)103(87(64-82)76-44-28-15-29-45-76)112-94-62-81(73-40-24-13-25-41-73)52-57-90(94)110-100-95(112)67-84(108(7,8)9)68-96(100)113(104-88(77-46-30-16-31-47-77)65-83(107(4,5)6)66-89(104)78-48-32-17-33-49-78)98-69-97-101-105(102(98)110)114-99-59-54-80(72-38-22-12-23-39-72)61-92(99)109(101)91-60-79(71-36-20-11-21-37-71)53-58-93(91)111(97)85-55-50-74(51-56-85)70-34-18-10-19-35-70/h10-14,16-26,30-41,44,46-63,65-69,75,82,87,103H,15,27-29,42-43,45,64H2,1-9H3/i13D,24D,25D,40D,41D,52D,53D,54D,57D,58D,59D,60D,61D,62D,69D. The lowest BCUT2D eigenvalue weighted by molar-refractivity contribution is 0.220. The van der Waals surface area contributed by atoms with E-state index in [1.54, 1.807) is 0 Å². The Morgan fingerprint density at radius 3 is 1.58 bits per heavy atom. The third-order valence-electron chi connectivity index (χ3n) is 25.1. The van der Waals surface area contributed by atoms with E-state index in [-0.39, 0.29) is 138 Å². The number of hydrogen-bond donors (Lipinski definition) is 0. The predicted molar refractivity (Wildman–Crippen MR) is 490 cm³/mol. The number of hydrogen-bond acceptors (Lipinski definition) is 4. The van der Waals surface area contributed by atoms with Crippen molar-refractivity contribution in [1.29, 1.82) is 0 Å². The molecule has 114 heavy (non-hydrogen) atoms. The van der Waals surface area contributed by atoms with Crippen LogP contribution < -0.4 is 47.5 Å². The summed E-state index contributed by atoms with van der Waals surface area (Å²) in [5.74, 6) is -0.214. The fourth-order valence-electron chi connectivity index (χ4n) is 19.1. The van der Waals surface area contributed by atoms with Gasteiger partial charge in [-0.3, -0.25) is 0 Å². The third-order valence-corrected chi connectivity index (χ3v) is 26.2. The van der Waals surface area contributed by atoms with Crippen LogP contribution in [-0.4, -0.2) is 19.5 Å². The molecule has 3 aliphatic carbocycles. The maximum atomic E-state index is 12.7. The molecular weight excluding hydrogens is 1390 g/mol. The van der Waals surface area contributed by atoms with E-state index in [1.165, 1.54) is 22.9 Å². The Kier molecular flexibility index (Phi) is 14.3. The van der Waals surface area contributed by atoms with Gasteiger partial charge in [0, 0.05) is 66.6 Å². The zero-order valence-electron chi connectivity index (χ0n) is 81.2. The summed E-state index contributed by atoms with van der Waals surface area (Å²) in [4.78, 5) is 7.21. The molecule has 13 aromatic rings. The summed E-state index contributed by atoms with van der Waals surface area (Å²) in [6.07, 6.45) is 16.3. The predicted octanol–water partition coefficient (Wildman–Crippen LogP) is 25.6. The molecule has 20 rings (SSSR count). The number of rotatable bonds is 11. The van der Waals surface area contributed by atoms with Crippen molar-refractivity contribution in [3.05, 3.63) is 337 Å². The summed E-state index contributed by atoms with van der Waals surface area (Å²) in [7, 11) is 0. The van der Waals surface area contributed by atoms with E-state index in [0.717, 1.165) is 89.5 Å². The summed E-state index contributed by atoms with van der Waals surface area (Å²) in [6.45, 7) is 17.6. The molecule has 0 saturated heterocycles. The highest BCUT2D eigenvalue weighted by molar-refractivity contribution is 8.00. The molecule has 0 radical (unpaired) electrons. The first-order valence-electron chi connectivity index (χ1n) is 48.3. The van der Waals surface area contributed by atoms with Crippen LogP contribution in [-0.2, 0) is 10.8 Å². The van der Waals surface area contributed by atoms with Gasteiger partial charge in [0.15, 0.2) is 0 Å². The lowest BCUT2D eigenvalue weighted by atomic mass is 9.30. The molecule has 3 nitrogen and oxygen atoms in total. The molecule has 4 aliphatic heterocycles. The zero-order valence-corrected chi connectivity index (χ0v) is 67.0. The number of benzene rings is 13. The average molecular weight is 1510 g/mol. The van der Waals surface area contributed by atoms with E-state index in [0.29, 0.717) is 67.3 Å². The van der Waals surface area contributed by atoms with Gasteiger partial charge >= 0.3 is 0 Å². The van der Waals surface area contributed by atoms with Gasteiger partial charge in [0.25, 0.3) is 6.71 Å². The molecule has 0 fully saturated rings. The van der Waals surface area contributed by atoms with Crippen molar-refractivity contribution in [2.45, 2.75) is 140 Å². The fourth-order valence-corrected chi connectivity index (χ4v) is 20.4. The van der Waals surface area contributed by atoms with Crippen LogP contribution >= 0.6 is 11.8 Å². The molecule has 7 aliphatic rings. The molecule has 0 spiro atoms. The molecule has 0 saturated carbocycles. The highest BCUT2D eigenvalue weighted by atomic mass is 32.2. The second kappa shape index (κ2) is 28.5. The average Bonchev–Trinajstić information content (AvgIpc) is 0.657. The summed E-state index contributed by atoms with van der Waals surface area (Å²) in [5.41, 5.74) is 14.3. The zero-order chi connectivity index (χ0) is 90.4. The van der Waals surface area contributed by atoms with Crippen molar-refractivity contribution in [1.82, 2.24) is 0 Å². The van der Waals surface area contributed by atoms with Crippen molar-refractivity contribution < 1.29 is 20.6 Å². The lowest BCUT2D eigenvalue weighted by Gasteiger charge is -2.54. The SMILES string of the molecule is [2H]c1c([2H])c([2H])c(-c2c([2H])c([2H])c3c(c2[2H])N(C2C(C4CC=CCC4)=CC(C(C)(C)C)CC2C2=CCCCC2)c2cc(C(C)(C)C)cc4c2B3c2c3c5c(c([2H])c2N4c2c(-c4ccccc4)cc(C(C)(C)C)cc2-c2ccccc2)N(c2ccc(-c4ccccc4)cc2)c2c([2H])c([2H])c(-c4ccccc4)c([2H])c2B5c2c([2H])c(-c4ccccc4)c([2H])c([2H])c2S3)c([2H])c1[2H]. The van der Waals surface area contributed by atoms with Gasteiger partial charge in [-0.05, 0) is 240 Å². The van der Waals surface area contributed by atoms with Crippen LogP contribution in [0.25, 0.3) is 66.8 Å². The monoisotopic (exact) mass is 1510 g/mol. The van der Waals surface area contributed by atoms with Gasteiger partial charge in [0.2, 0.25) is 6.71 Å². The van der Waals surface area contributed by atoms with Crippen LogP contribution in [0.1, 0.15) is 145 Å². The van der Waals surface area contributed by atoms with Gasteiger partial charge in [-0.15, -0.1) is 0 Å². The molecule has 13 aromatic carbocycles. The Balaban J connectivity index is 1.05. The molecule has 4 unspecified atom stereocenters. The summed E-state index contributed by atoms with van der Waals surface area (Å²) >= 11 is 1.21. The van der Waals surface area contributed by atoms with Gasteiger partial charge in [-0.2, -0.15) is 0 Å². The van der Waals surface area contributed by atoms with Crippen LogP contribution in [0.3, 0.4) is 0 Å². The normalized spacial score (nSPS) is 19.9. The van der Waals surface area contributed by atoms with Gasteiger partial charge < -0.3 is 14.7 Å². The summed E-state index contributed by atoms with van der Waals surface area (Å²) in [6, 6.07) is 59.9. The maximum absolute atomic E-state index is 12.7. The van der Waals surface area contributed by atoms with Crippen LogP contribution in [0.5, 0.6) is 0 Å². The van der Waals surface area contributed by atoms with E-state index in [4.69, 9.17) is 1.37 Å². The smallest absolute Gasteiger partial charge is 0.253 e. The Hall–Kier alpha value is -11.0. The van der Waals surface area contributed by atoms with Crippen LogP contribution in [0.2, 0.25) is 0 Å². The first-order chi connectivity index (χ1) is 61.8. The molecule has 4 heterocycles. The Labute approximate surface area is 702 Å². The highest BCUT2D eigenvalue weighted by Gasteiger charge is 2.54. The van der Waals surface area contributed by atoms with Crippen molar-refractivity contribution >= 4 is 103 Å². The summed E-state index contributed by atoms with van der Waals surface area (Å²) < 4.78 is 161. The number of nitrogens with zero attached hydrogens (tertiary/aromatic N) is 3. The minimum atomic E-state index is -1.34. The molecule has 4 atom stereocenters. The van der Waals surface area contributed by atoms with Crippen molar-refractivity contribution in [3.63, 3.8) is 0 Å². The lowest BCUT2D eigenvalue weighted by Crippen LogP contribution is -2.67. The van der Waals surface area contributed by atoms with Crippen LogP contribution in [0.4, 0.5) is 45.5 Å². The second-order valence-electron chi connectivity index (χ2n) is 35.2. The molecule has 0 N–H and O–H groups in total. The molecule has 0 amide bonds.